The van der Waals surface area contributed by atoms with E-state index in [2.05, 4.69) is 25.8 Å². The van der Waals surface area contributed by atoms with Gasteiger partial charge < -0.3 is 0 Å². The van der Waals surface area contributed by atoms with Gasteiger partial charge in [-0.15, -0.1) is 0 Å². The van der Waals surface area contributed by atoms with Crippen molar-refractivity contribution in [1.82, 2.24) is 9.78 Å². The molecule has 0 unspecified atom stereocenters. The highest BCUT2D eigenvalue weighted by Crippen LogP contribution is 2.31. The number of nitrogens with zero attached hydrogens (tertiary/aromatic N) is 2. The minimum absolute atomic E-state index is 0.371. The highest BCUT2D eigenvalue weighted by molar-refractivity contribution is 9.10. The molecule has 0 aliphatic carbocycles. The van der Waals surface area contributed by atoms with Crippen molar-refractivity contribution >= 4 is 31.6 Å². The Balaban J connectivity index is 1.96. The van der Waals surface area contributed by atoms with E-state index in [1.165, 1.54) is 0 Å². The monoisotopic (exact) mass is 489 g/mol. The van der Waals surface area contributed by atoms with E-state index in [0.717, 1.165) is 49.2 Å². The van der Waals surface area contributed by atoms with E-state index in [1.807, 2.05) is 71.3 Å². The van der Waals surface area contributed by atoms with Crippen molar-refractivity contribution in [3.05, 3.63) is 73.5 Å². The lowest BCUT2D eigenvalue weighted by molar-refractivity contribution is 0.599. The van der Waals surface area contributed by atoms with Crippen LogP contribution in [0.3, 0.4) is 0 Å². The number of anilines is 1. The molecule has 0 amide bonds. The summed E-state index contributed by atoms with van der Waals surface area (Å²) in [6, 6.07) is 7.47. The lowest BCUT2D eigenvalue weighted by atomic mass is 9.95. The molecule has 3 aromatic rings. The molecule has 160 valence electrons. The molecule has 0 fully saturated rings. The molecular weight excluding hydrogens is 462 g/mol. The standard InChI is InChI=1S/C23H28BrN3O2S/c1-13-14(2)16(4)23(17(5)15(13)3)30(28,29)26-21-10-8-9-20(11-21)12-27-19(7)22(24)18(6)25-27/h8-11,26H,12H2,1-7H3. The summed E-state index contributed by atoms with van der Waals surface area (Å²) in [7, 11) is -3.72. The van der Waals surface area contributed by atoms with Crippen LogP contribution in [0.4, 0.5) is 5.69 Å². The second kappa shape index (κ2) is 8.19. The first-order chi connectivity index (χ1) is 13.9. The SMILES string of the molecule is Cc1nn(Cc2cccc(NS(=O)(=O)c3c(C)c(C)c(C)c(C)c3C)c2)c(C)c1Br. The molecule has 30 heavy (non-hydrogen) atoms. The van der Waals surface area contributed by atoms with Gasteiger partial charge in [0, 0.05) is 5.69 Å². The number of hydrogen-bond acceptors (Lipinski definition) is 3. The maximum Gasteiger partial charge on any atom is 0.262 e. The van der Waals surface area contributed by atoms with Gasteiger partial charge in [0.05, 0.1) is 27.3 Å². The number of benzene rings is 2. The van der Waals surface area contributed by atoms with E-state index >= 15 is 0 Å². The molecule has 0 saturated heterocycles. The van der Waals surface area contributed by atoms with Crippen LogP contribution >= 0.6 is 15.9 Å². The molecule has 0 spiro atoms. The van der Waals surface area contributed by atoms with Crippen LogP contribution in [0.2, 0.25) is 0 Å². The molecule has 1 N–H and O–H groups in total. The third kappa shape index (κ3) is 4.05. The summed E-state index contributed by atoms with van der Waals surface area (Å²) in [5.74, 6) is 0. The quantitative estimate of drug-likeness (QED) is 0.503. The van der Waals surface area contributed by atoms with E-state index in [9.17, 15) is 8.42 Å². The van der Waals surface area contributed by atoms with Crippen LogP contribution in [-0.4, -0.2) is 18.2 Å². The van der Waals surface area contributed by atoms with Gasteiger partial charge in [-0.3, -0.25) is 9.40 Å². The summed E-state index contributed by atoms with van der Waals surface area (Å²) in [6.07, 6.45) is 0. The van der Waals surface area contributed by atoms with Gasteiger partial charge in [-0.1, -0.05) is 12.1 Å². The van der Waals surface area contributed by atoms with E-state index < -0.39 is 10.0 Å². The van der Waals surface area contributed by atoms with Crippen molar-refractivity contribution in [2.45, 2.75) is 59.9 Å². The van der Waals surface area contributed by atoms with Crippen molar-refractivity contribution in [3.8, 4) is 0 Å². The number of aromatic nitrogens is 2. The Bertz CT molecular complexity index is 1210. The molecule has 0 atom stereocenters. The average molecular weight is 490 g/mol. The third-order valence-electron chi connectivity index (χ3n) is 6.00. The second-order valence-corrected chi connectivity index (χ2v) is 10.3. The van der Waals surface area contributed by atoms with Crippen molar-refractivity contribution in [1.29, 1.82) is 0 Å². The fourth-order valence-corrected chi connectivity index (χ4v) is 5.75. The van der Waals surface area contributed by atoms with Gasteiger partial charge in [-0.2, -0.15) is 5.10 Å². The molecule has 0 radical (unpaired) electrons. The van der Waals surface area contributed by atoms with E-state index in [0.29, 0.717) is 17.1 Å². The number of halogens is 1. The Morgan fingerprint density at radius 2 is 1.50 bits per heavy atom. The lowest BCUT2D eigenvalue weighted by Crippen LogP contribution is -2.18. The normalized spacial score (nSPS) is 11.7. The highest BCUT2D eigenvalue weighted by atomic mass is 79.9. The van der Waals surface area contributed by atoms with Gasteiger partial charge >= 0.3 is 0 Å². The predicted octanol–water partition coefficient (Wildman–Crippen LogP) is 5.65. The molecule has 0 saturated carbocycles. The molecule has 0 aliphatic rings. The van der Waals surface area contributed by atoms with Crippen molar-refractivity contribution in [2.24, 2.45) is 0 Å². The van der Waals surface area contributed by atoms with Crippen LogP contribution in [0.15, 0.2) is 33.6 Å². The first-order valence-electron chi connectivity index (χ1n) is 9.82. The zero-order chi connectivity index (χ0) is 22.4. The largest absolute Gasteiger partial charge is 0.280 e. The maximum absolute atomic E-state index is 13.3. The first-order valence-corrected chi connectivity index (χ1v) is 12.1. The molecule has 2 aromatic carbocycles. The van der Waals surface area contributed by atoms with Crippen LogP contribution in [0.5, 0.6) is 0 Å². The van der Waals surface area contributed by atoms with Gasteiger partial charge in [0.1, 0.15) is 0 Å². The molecule has 1 heterocycles. The molecule has 0 bridgehead atoms. The Morgan fingerprint density at radius 1 is 0.933 bits per heavy atom. The molecule has 1 aromatic heterocycles. The van der Waals surface area contributed by atoms with Crippen LogP contribution in [-0.2, 0) is 16.6 Å². The smallest absolute Gasteiger partial charge is 0.262 e. The third-order valence-corrected chi connectivity index (χ3v) is 8.81. The zero-order valence-electron chi connectivity index (χ0n) is 18.5. The van der Waals surface area contributed by atoms with Crippen LogP contribution in [0, 0.1) is 48.5 Å². The summed E-state index contributed by atoms with van der Waals surface area (Å²) >= 11 is 3.55. The number of aryl methyl sites for hydroxylation is 1. The second-order valence-electron chi connectivity index (χ2n) is 7.90. The molecule has 5 nitrogen and oxygen atoms in total. The summed E-state index contributed by atoms with van der Waals surface area (Å²) in [5.41, 5.74) is 8.25. The van der Waals surface area contributed by atoms with E-state index in [1.54, 1.807) is 6.07 Å². The first kappa shape index (κ1) is 22.6. The van der Waals surface area contributed by atoms with Crippen molar-refractivity contribution < 1.29 is 8.42 Å². The lowest BCUT2D eigenvalue weighted by Gasteiger charge is -2.19. The minimum atomic E-state index is -3.72. The number of sulfonamides is 1. The molecule has 0 aliphatic heterocycles. The Labute approximate surface area is 187 Å². The van der Waals surface area contributed by atoms with Gasteiger partial charge in [-0.25, -0.2) is 8.42 Å². The summed E-state index contributed by atoms with van der Waals surface area (Å²) in [4.78, 5) is 0.371. The predicted molar refractivity (Wildman–Crippen MR) is 126 cm³/mol. The summed E-state index contributed by atoms with van der Waals surface area (Å²) in [5, 5.41) is 4.54. The summed E-state index contributed by atoms with van der Waals surface area (Å²) in [6.45, 7) is 14.3. The number of nitrogens with one attached hydrogen (secondary N) is 1. The van der Waals surface area contributed by atoms with E-state index in [-0.39, 0.29) is 0 Å². The van der Waals surface area contributed by atoms with Gasteiger partial charge in [0.2, 0.25) is 0 Å². The fraction of sp³-hybridized carbons (Fsp3) is 0.348. The molecule has 7 heteroatoms. The average Bonchev–Trinajstić information content (AvgIpc) is 2.91. The van der Waals surface area contributed by atoms with Gasteiger partial charge in [-0.05, 0) is 110 Å². The molecule has 3 rings (SSSR count). The van der Waals surface area contributed by atoms with Gasteiger partial charge in [0.15, 0.2) is 0 Å². The van der Waals surface area contributed by atoms with E-state index in [4.69, 9.17) is 0 Å². The fourth-order valence-electron chi connectivity index (χ4n) is 3.81. The van der Waals surface area contributed by atoms with Crippen LogP contribution < -0.4 is 4.72 Å². The zero-order valence-corrected chi connectivity index (χ0v) is 20.9. The van der Waals surface area contributed by atoms with Crippen LogP contribution in [0.1, 0.15) is 44.8 Å². The highest BCUT2D eigenvalue weighted by Gasteiger charge is 2.24. The van der Waals surface area contributed by atoms with Crippen LogP contribution in [0.25, 0.3) is 0 Å². The number of rotatable bonds is 5. The topological polar surface area (TPSA) is 64.0 Å². The Kier molecular flexibility index (Phi) is 6.16. The molecular formula is C23H28BrN3O2S. The maximum atomic E-state index is 13.3. The number of hydrogen-bond donors (Lipinski definition) is 1. The van der Waals surface area contributed by atoms with Crippen molar-refractivity contribution in [2.75, 3.05) is 4.72 Å². The van der Waals surface area contributed by atoms with Crippen molar-refractivity contribution in [3.63, 3.8) is 0 Å². The Morgan fingerprint density at radius 3 is 2.03 bits per heavy atom. The van der Waals surface area contributed by atoms with Gasteiger partial charge in [0.25, 0.3) is 10.0 Å². The summed E-state index contributed by atoms with van der Waals surface area (Å²) < 4.78 is 32.3. The minimum Gasteiger partial charge on any atom is -0.280 e. The Hall–Kier alpha value is -2.12.